The maximum atomic E-state index is 12.1. The van der Waals surface area contributed by atoms with Crippen molar-refractivity contribution in [2.24, 2.45) is 0 Å². The maximum Gasteiger partial charge on any atom is 0.326 e. The second kappa shape index (κ2) is 7.82. The van der Waals surface area contributed by atoms with Crippen LogP contribution in [0.2, 0.25) is 0 Å². The van der Waals surface area contributed by atoms with Crippen molar-refractivity contribution in [2.75, 3.05) is 23.3 Å². The number of aryl methyl sites for hydroxylation is 1. The van der Waals surface area contributed by atoms with Crippen molar-refractivity contribution in [3.63, 3.8) is 0 Å². The molecule has 1 aliphatic rings. The number of fused-ring (bicyclic) bond motifs is 2. The summed E-state index contributed by atoms with van der Waals surface area (Å²) in [6, 6.07) is 12.7. The summed E-state index contributed by atoms with van der Waals surface area (Å²) < 4.78 is 1.72. The van der Waals surface area contributed by atoms with E-state index in [2.05, 4.69) is 49.4 Å². The van der Waals surface area contributed by atoms with Gasteiger partial charge in [0.15, 0.2) is 0 Å². The molecular weight excluding hydrogens is 376 g/mol. The van der Waals surface area contributed by atoms with Crippen molar-refractivity contribution in [2.45, 2.75) is 39.3 Å². The van der Waals surface area contributed by atoms with Gasteiger partial charge in [0.2, 0.25) is 0 Å². The minimum absolute atomic E-state index is 0.0981. The Morgan fingerprint density at radius 2 is 1.87 bits per heavy atom. The number of aromatic amines is 1. The highest BCUT2D eigenvalue weighted by Crippen LogP contribution is 2.25. The van der Waals surface area contributed by atoms with Gasteiger partial charge in [0.05, 0.1) is 16.6 Å². The maximum absolute atomic E-state index is 12.1. The quantitative estimate of drug-likeness (QED) is 0.529. The van der Waals surface area contributed by atoms with E-state index in [1.54, 1.807) is 10.9 Å². The van der Waals surface area contributed by atoms with Crippen LogP contribution in [0, 0.1) is 0 Å². The van der Waals surface area contributed by atoms with Crippen molar-refractivity contribution in [1.29, 1.82) is 0 Å². The molecule has 2 N–H and O–H groups in total. The number of piperidine rings is 1. The minimum Gasteiger partial charge on any atom is -0.372 e. The molecule has 1 aliphatic heterocycles. The van der Waals surface area contributed by atoms with Crippen LogP contribution in [-0.4, -0.2) is 32.6 Å². The predicted molar refractivity (Wildman–Crippen MR) is 121 cm³/mol. The lowest BCUT2D eigenvalue weighted by atomic mass is 10.1. The monoisotopic (exact) mass is 402 g/mol. The summed E-state index contributed by atoms with van der Waals surface area (Å²) in [6.45, 7) is 5.56. The number of benzene rings is 2. The summed E-state index contributed by atoms with van der Waals surface area (Å²) >= 11 is 0. The highest BCUT2D eigenvalue weighted by molar-refractivity contribution is 5.98. The number of H-pyrrole nitrogens is 1. The second-order valence-electron chi connectivity index (χ2n) is 7.85. The third-order valence-corrected chi connectivity index (χ3v) is 5.96. The molecule has 0 amide bonds. The number of hydrogen-bond donors (Lipinski definition) is 2. The van der Waals surface area contributed by atoms with Crippen LogP contribution in [0.1, 0.15) is 31.7 Å². The first-order valence-corrected chi connectivity index (χ1v) is 10.7. The Kier molecular flexibility index (Phi) is 4.86. The fourth-order valence-electron chi connectivity index (χ4n) is 4.32. The minimum atomic E-state index is -0.0981. The van der Waals surface area contributed by atoms with Crippen LogP contribution in [0.15, 0.2) is 47.5 Å². The summed E-state index contributed by atoms with van der Waals surface area (Å²) in [7, 11) is 0. The van der Waals surface area contributed by atoms with Crippen molar-refractivity contribution < 1.29 is 0 Å². The van der Waals surface area contributed by atoms with E-state index < -0.39 is 0 Å². The SMILES string of the molecule is CCn1c(=O)[nH]c2cc3c(NCc4ccc(N5CCCCC5)cc4)ncnc3cc21. The van der Waals surface area contributed by atoms with Gasteiger partial charge < -0.3 is 15.2 Å². The Hall–Kier alpha value is -3.35. The number of nitrogens with zero attached hydrogens (tertiary/aromatic N) is 4. The molecule has 4 aromatic rings. The van der Waals surface area contributed by atoms with Crippen molar-refractivity contribution in [3.8, 4) is 0 Å². The number of nitrogens with one attached hydrogen (secondary N) is 2. The Morgan fingerprint density at radius 3 is 2.63 bits per heavy atom. The standard InChI is InChI=1S/C23H26N6O/c1-2-29-21-13-19-18(12-20(21)27-23(29)30)22(26-15-25-19)24-14-16-6-8-17(9-7-16)28-10-4-3-5-11-28/h6-9,12-13,15H,2-5,10-11,14H2,1H3,(H,27,30)(H,24,25,26). The van der Waals surface area contributed by atoms with Gasteiger partial charge in [-0.15, -0.1) is 0 Å². The Morgan fingerprint density at radius 1 is 1.07 bits per heavy atom. The topological polar surface area (TPSA) is 78.8 Å². The van der Waals surface area contributed by atoms with Gasteiger partial charge in [-0.25, -0.2) is 14.8 Å². The normalized spacial score (nSPS) is 14.5. The molecule has 7 nitrogen and oxygen atoms in total. The van der Waals surface area contributed by atoms with Crippen LogP contribution < -0.4 is 15.9 Å². The smallest absolute Gasteiger partial charge is 0.326 e. The zero-order valence-electron chi connectivity index (χ0n) is 17.2. The van der Waals surface area contributed by atoms with E-state index in [1.807, 2.05) is 19.1 Å². The lowest BCUT2D eigenvalue weighted by Gasteiger charge is -2.28. The van der Waals surface area contributed by atoms with Crippen LogP contribution in [-0.2, 0) is 13.1 Å². The molecule has 0 radical (unpaired) electrons. The molecular formula is C23H26N6O. The zero-order valence-corrected chi connectivity index (χ0v) is 17.2. The van der Waals surface area contributed by atoms with E-state index in [1.165, 1.54) is 30.5 Å². The molecule has 30 heavy (non-hydrogen) atoms. The van der Waals surface area contributed by atoms with E-state index >= 15 is 0 Å². The Balaban J connectivity index is 1.38. The third-order valence-electron chi connectivity index (χ3n) is 5.96. The van der Waals surface area contributed by atoms with Crippen molar-refractivity contribution >= 4 is 33.4 Å². The van der Waals surface area contributed by atoms with Crippen molar-refractivity contribution in [1.82, 2.24) is 19.5 Å². The van der Waals surface area contributed by atoms with E-state index in [0.29, 0.717) is 13.1 Å². The fraction of sp³-hybridized carbons (Fsp3) is 0.348. The highest BCUT2D eigenvalue weighted by Gasteiger charge is 2.12. The van der Waals surface area contributed by atoms with Gasteiger partial charge >= 0.3 is 5.69 Å². The molecule has 0 spiro atoms. The summed E-state index contributed by atoms with van der Waals surface area (Å²) in [5.74, 6) is 0.770. The van der Waals surface area contributed by atoms with Gasteiger partial charge in [-0.2, -0.15) is 0 Å². The number of aromatic nitrogens is 4. The molecule has 3 heterocycles. The summed E-state index contributed by atoms with van der Waals surface area (Å²) in [5.41, 5.74) is 4.90. The Labute approximate surface area is 174 Å². The first-order chi connectivity index (χ1) is 14.7. The number of hydrogen-bond acceptors (Lipinski definition) is 5. The van der Waals surface area contributed by atoms with Gasteiger partial charge in [-0.3, -0.25) is 4.57 Å². The molecule has 5 rings (SSSR count). The molecule has 0 atom stereocenters. The highest BCUT2D eigenvalue weighted by atomic mass is 16.1. The molecule has 1 fully saturated rings. The van der Waals surface area contributed by atoms with Crippen LogP contribution >= 0.6 is 0 Å². The molecule has 0 aliphatic carbocycles. The molecule has 0 unspecified atom stereocenters. The van der Waals surface area contributed by atoms with Gasteiger partial charge in [0, 0.05) is 37.3 Å². The van der Waals surface area contributed by atoms with Crippen LogP contribution in [0.3, 0.4) is 0 Å². The number of imidazole rings is 1. The first-order valence-electron chi connectivity index (χ1n) is 10.7. The fourth-order valence-corrected chi connectivity index (χ4v) is 4.32. The Bertz CT molecular complexity index is 1230. The molecule has 0 bridgehead atoms. The van der Waals surface area contributed by atoms with Gasteiger partial charge in [0.1, 0.15) is 12.1 Å². The van der Waals surface area contributed by atoms with Crippen LogP contribution in [0.25, 0.3) is 21.9 Å². The van der Waals surface area contributed by atoms with E-state index in [9.17, 15) is 4.79 Å². The zero-order chi connectivity index (χ0) is 20.5. The van der Waals surface area contributed by atoms with Crippen LogP contribution in [0.4, 0.5) is 11.5 Å². The van der Waals surface area contributed by atoms with E-state index in [4.69, 9.17) is 0 Å². The third kappa shape index (κ3) is 3.40. The average Bonchev–Trinajstić information content (AvgIpc) is 3.11. The van der Waals surface area contributed by atoms with E-state index in [0.717, 1.165) is 40.8 Å². The molecule has 154 valence electrons. The average molecular weight is 403 g/mol. The second-order valence-corrected chi connectivity index (χ2v) is 7.85. The lowest BCUT2D eigenvalue weighted by Crippen LogP contribution is -2.29. The summed E-state index contributed by atoms with van der Waals surface area (Å²) in [4.78, 5) is 26.4. The summed E-state index contributed by atoms with van der Waals surface area (Å²) in [5, 5.41) is 4.34. The molecule has 1 saturated heterocycles. The van der Waals surface area contributed by atoms with Gasteiger partial charge in [0.25, 0.3) is 0 Å². The molecule has 0 saturated carbocycles. The predicted octanol–water partition coefficient (Wildman–Crippen LogP) is 3.90. The molecule has 2 aromatic carbocycles. The molecule has 7 heteroatoms. The number of rotatable bonds is 5. The number of anilines is 2. The van der Waals surface area contributed by atoms with Crippen molar-refractivity contribution in [3.05, 3.63) is 58.8 Å². The van der Waals surface area contributed by atoms with Gasteiger partial charge in [-0.1, -0.05) is 12.1 Å². The first kappa shape index (κ1) is 18.7. The van der Waals surface area contributed by atoms with E-state index in [-0.39, 0.29) is 5.69 Å². The lowest BCUT2D eigenvalue weighted by molar-refractivity contribution is 0.578. The molecule has 2 aromatic heterocycles. The van der Waals surface area contributed by atoms with Crippen LogP contribution in [0.5, 0.6) is 0 Å². The summed E-state index contributed by atoms with van der Waals surface area (Å²) in [6.07, 6.45) is 5.47. The largest absolute Gasteiger partial charge is 0.372 e. The van der Waals surface area contributed by atoms with Gasteiger partial charge in [-0.05, 0) is 56.0 Å².